The first kappa shape index (κ1) is 30.4. The molecule has 0 unspecified atom stereocenters. The van der Waals surface area contributed by atoms with Gasteiger partial charge in [0.15, 0.2) is 6.29 Å². The molecule has 2 aromatic rings. The summed E-state index contributed by atoms with van der Waals surface area (Å²) in [5.74, 6) is 1.49. The average molecular weight is 521 g/mol. The summed E-state index contributed by atoms with van der Waals surface area (Å²) in [6.45, 7) is 8.46. The molecule has 38 heavy (non-hydrogen) atoms. The first-order chi connectivity index (χ1) is 18.8. The van der Waals surface area contributed by atoms with Crippen molar-refractivity contribution in [2.45, 2.75) is 110 Å². The van der Waals surface area contributed by atoms with Gasteiger partial charge in [0, 0.05) is 11.5 Å². The number of hydrogen-bond donors (Lipinski definition) is 0. The Labute approximate surface area is 233 Å². The summed E-state index contributed by atoms with van der Waals surface area (Å²) in [5, 5.41) is 0. The Morgan fingerprint density at radius 3 is 1.89 bits per heavy atom. The van der Waals surface area contributed by atoms with Crippen LogP contribution in [0.5, 0.6) is 5.75 Å². The average Bonchev–Trinajstić information content (AvgIpc) is 2.97. The van der Waals surface area contributed by atoms with Crippen molar-refractivity contribution in [1.29, 1.82) is 0 Å². The largest absolute Gasteiger partial charge is 0.494 e. The molecule has 1 aliphatic heterocycles. The first-order valence-electron chi connectivity index (χ1n) is 15.5. The fourth-order valence-electron chi connectivity index (χ4n) is 5.16. The van der Waals surface area contributed by atoms with Gasteiger partial charge in [0.05, 0.1) is 19.8 Å². The fourth-order valence-corrected chi connectivity index (χ4v) is 5.16. The summed E-state index contributed by atoms with van der Waals surface area (Å²) in [6, 6.07) is 17.1. The molecule has 3 heteroatoms. The summed E-state index contributed by atoms with van der Waals surface area (Å²) in [6.07, 6.45) is 21.2. The maximum absolute atomic E-state index is 6.08. The van der Waals surface area contributed by atoms with Crippen LogP contribution in [0.15, 0.2) is 61.2 Å². The zero-order valence-electron chi connectivity index (χ0n) is 24.0. The van der Waals surface area contributed by atoms with Crippen molar-refractivity contribution in [2.75, 3.05) is 19.8 Å². The molecule has 0 aliphatic carbocycles. The van der Waals surface area contributed by atoms with Crippen LogP contribution < -0.4 is 4.74 Å². The van der Waals surface area contributed by atoms with Gasteiger partial charge in [-0.05, 0) is 48.9 Å². The van der Waals surface area contributed by atoms with Gasteiger partial charge in [0.2, 0.25) is 0 Å². The summed E-state index contributed by atoms with van der Waals surface area (Å²) >= 11 is 0. The van der Waals surface area contributed by atoms with Crippen molar-refractivity contribution >= 4 is 0 Å². The molecule has 3 nitrogen and oxygen atoms in total. The quantitative estimate of drug-likeness (QED) is 0.128. The molecule has 2 aromatic carbocycles. The van der Waals surface area contributed by atoms with Gasteiger partial charge in [-0.25, -0.2) is 0 Å². The predicted molar refractivity (Wildman–Crippen MR) is 161 cm³/mol. The van der Waals surface area contributed by atoms with Crippen LogP contribution in [0.2, 0.25) is 0 Å². The Balaban J connectivity index is 1.30. The van der Waals surface area contributed by atoms with Crippen molar-refractivity contribution in [3.63, 3.8) is 0 Å². The molecular formula is C35H52O3. The van der Waals surface area contributed by atoms with E-state index in [4.69, 9.17) is 14.2 Å². The Morgan fingerprint density at radius 1 is 0.711 bits per heavy atom. The Morgan fingerprint density at radius 2 is 1.26 bits per heavy atom. The fraction of sp³-hybridized carbons (Fsp3) is 0.600. The standard InChI is InChI=1S/C35H52O3/c1-3-5-7-9-11-12-13-15-17-27-36-34-25-23-32(24-26-34)31-19-21-33(22-20-31)35-37-28-30(29-38-35)18-16-14-10-8-6-4-2/h3,19-26,30,35H,1,4-18,27-29H2,2H3/t30-,35-. The van der Waals surface area contributed by atoms with Crippen molar-refractivity contribution in [3.8, 4) is 16.9 Å². The van der Waals surface area contributed by atoms with Gasteiger partial charge in [-0.2, -0.15) is 0 Å². The van der Waals surface area contributed by atoms with E-state index in [0.29, 0.717) is 5.92 Å². The van der Waals surface area contributed by atoms with Gasteiger partial charge < -0.3 is 14.2 Å². The Hall–Kier alpha value is -2.10. The summed E-state index contributed by atoms with van der Waals surface area (Å²) < 4.78 is 18.1. The van der Waals surface area contributed by atoms with Crippen molar-refractivity contribution < 1.29 is 14.2 Å². The first-order valence-corrected chi connectivity index (χ1v) is 15.5. The minimum Gasteiger partial charge on any atom is -0.494 e. The van der Waals surface area contributed by atoms with Crippen LogP contribution in [0.25, 0.3) is 11.1 Å². The molecule has 1 saturated heterocycles. The van der Waals surface area contributed by atoms with Gasteiger partial charge in [-0.3, -0.25) is 0 Å². The summed E-state index contributed by atoms with van der Waals surface area (Å²) in [7, 11) is 0. The molecule has 0 spiro atoms. The normalized spacial score (nSPS) is 17.4. The number of allylic oxidation sites excluding steroid dienone is 1. The lowest BCUT2D eigenvalue weighted by Gasteiger charge is -2.29. The Bertz CT molecular complexity index is 850. The van der Waals surface area contributed by atoms with E-state index in [1.54, 1.807) is 0 Å². The van der Waals surface area contributed by atoms with Crippen molar-refractivity contribution in [3.05, 3.63) is 66.7 Å². The Kier molecular flexibility index (Phi) is 15.3. The highest BCUT2D eigenvalue weighted by Crippen LogP contribution is 2.30. The molecule has 210 valence electrons. The van der Waals surface area contributed by atoms with Crippen LogP contribution in [0.4, 0.5) is 0 Å². The van der Waals surface area contributed by atoms with Gasteiger partial charge >= 0.3 is 0 Å². The molecule has 0 radical (unpaired) electrons. The topological polar surface area (TPSA) is 27.7 Å². The molecular weight excluding hydrogens is 468 g/mol. The molecule has 1 heterocycles. The second-order valence-electron chi connectivity index (χ2n) is 11.0. The molecule has 0 aromatic heterocycles. The van der Waals surface area contributed by atoms with E-state index in [0.717, 1.165) is 44.0 Å². The van der Waals surface area contributed by atoms with Crippen LogP contribution in [0.3, 0.4) is 0 Å². The zero-order valence-corrected chi connectivity index (χ0v) is 24.0. The highest BCUT2D eigenvalue weighted by atomic mass is 16.7. The number of benzene rings is 2. The smallest absolute Gasteiger partial charge is 0.183 e. The van der Waals surface area contributed by atoms with Crippen LogP contribution in [0, 0.1) is 5.92 Å². The molecule has 0 N–H and O–H groups in total. The van der Waals surface area contributed by atoms with E-state index >= 15 is 0 Å². The number of rotatable bonds is 20. The van der Waals surface area contributed by atoms with E-state index in [9.17, 15) is 0 Å². The molecule has 0 atom stereocenters. The number of hydrogen-bond acceptors (Lipinski definition) is 3. The molecule has 0 saturated carbocycles. The van der Waals surface area contributed by atoms with E-state index in [-0.39, 0.29) is 6.29 Å². The monoisotopic (exact) mass is 520 g/mol. The van der Waals surface area contributed by atoms with E-state index in [2.05, 4.69) is 62.0 Å². The molecule has 1 aliphatic rings. The van der Waals surface area contributed by atoms with E-state index in [1.165, 1.54) is 94.6 Å². The van der Waals surface area contributed by atoms with Crippen molar-refractivity contribution in [1.82, 2.24) is 0 Å². The van der Waals surface area contributed by atoms with Gasteiger partial charge in [-0.15, -0.1) is 6.58 Å². The second-order valence-corrected chi connectivity index (χ2v) is 11.0. The van der Waals surface area contributed by atoms with Crippen LogP contribution in [-0.2, 0) is 9.47 Å². The van der Waals surface area contributed by atoms with Crippen molar-refractivity contribution in [2.24, 2.45) is 5.92 Å². The maximum Gasteiger partial charge on any atom is 0.183 e. The summed E-state index contributed by atoms with van der Waals surface area (Å²) in [5.41, 5.74) is 3.50. The van der Waals surface area contributed by atoms with E-state index < -0.39 is 0 Å². The molecule has 3 rings (SSSR count). The highest BCUT2D eigenvalue weighted by molar-refractivity contribution is 5.64. The molecule has 0 amide bonds. The third-order valence-electron chi connectivity index (χ3n) is 7.62. The maximum atomic E-state index is 6.08. The lowest BCUT2D eigenvalue weighted by atomic mass is 10.0. The highest BCUT2D eigenvalue weighted by Gasteiger charge is 2.23. The third-order valence-corrected chi connectivity index (χ3v) is 7.62. The number of ether oxygens (including phenoxy) is 3. The summed E-state index contributed by atoms with van der Waals surface area (Å²) in [4.78, 5) is 0. The van der Waals surface area contributed by atoms with Crippen LogP contribution in [0.1, 0.15) is 115 Å². The predicted octanol–water partition coefficient (Wildman–Crippen LogP) is 10.5. The van der Waals surface area contributed by atoms with Gasteiger partial charge in [0.1, 0.15) is 5.75 Å². The molecule has 0 bridgehead atoms. The minimum absolute atomic E-state index is 0.238. The zero-order chi connectivity index (χ0) is 26.7. The van der Waals surface area contributed by atoms with Crippen LogP contribution in [-0.4, -0.2) is 19.8 Å². The lowest BCUT2D eigenvalue weighted by molar-refractivity contribution is -0.206. The minimum atomic E-state index is -0.238. The third kappa shape index (κ3) is 11.7. The van der Waals surface area contributed by atoms with Gasteiger partial charge in [-0.1, -0.05) is 120 Å². The lowest BCUT2D eigenvalue weighted by Crippen LogP contribution is -2.27. The SMILES string of the molecule is C=CCCCCCCCCCOc1ccc(-c2ccc([C@H]3OC[C@H](CCCCCCCC)CO3)cc2)cc1. The van der Waals surface area contributed by atoms with Crippen LogP contribution >= 0.6 is 0 Å². The molecule has 1 fully saturated rings. The van der Waals surface area contributed by atoms with E-state index in [1.807, 2.05) is 6.08 Å². The number of unbranched alkanes of at least 4 members (excludes halogenated alkanes) is 12. The van der Waals surface area contributed by atoms with Gasteiger partial charge in [0.25, 0.3) is 0 Å². The second kappa shape index (κ2) is 19.0.